The van der Waals surface area contributed by atoms with Gasteiger partial charge >= 0.3 is 0 Å². The number of ether oxygens (including phenoxy) is 1. The third kappa shape index (κ3) is 5.12. The molecule has 0 radical (unpaired) electrons. The highest BCUT2D eigenvalue weighted by Gasteiger charge is 2.27. The number of nitrogens with one attached hydrogen (secondary N) is 1. The molecule has 0 spiro atoms. The summed E-state index contributed by atoms with van der Waals surface area (Å²) in [5, 5.41) is 2.66. The molecule has 1 N–H and O–H groups in total. The van der Waals surface area contributed by atoms with Crippen molar-refractivity contribution >= 4 is 27.3 Å². The van der Waals surface area contributed by atoms with Gasteiger partial charge in [0.05, 0.1) is 12.3 Å². The Morgan fingerprint density at radius 2 is 1.80 bits per heavy atom. The third-order valence-corrected chi connectivity index (χ3v) is 5.83. The molecule has 1 aromatic heterocycles. The van der Waals surface area contributed by atoms with Crippen LogP contribution in [0.5, 0.6) is 5.75 Å². The summed E-state index contributed by atoms with van der Waals surface area (Å²) in [6.07, 6.45) is 2.64. The Hall–Kier alpha value is -3.46. The maximum Gasteiger partial charge on any atom is 0.266 e. The van der Waals surface area contributed by atoms with Crippen LogP contribution in [-0.4, -0.2) is 32.5 Å². The molecular formula is C21H20FN3O4S. The molecule has 1 amide bonds. The molecule has 0 aliphatic carbocycles. The molecule has 0 unspecified atom stereocenters. The van der Waals surface area contributed by atoms with Crippen molar-refractivity contribution < 1.29 is 22.3 Å². The van der Waals surface area contributed by atoms with Gasteiger partial charge in [0, 0.05) is 18.1 Å². The fourth-order valence-electron chi connectivity index (χ4n) is 2.68. The lowest BCUT2D eigenvalue weighted by Crippen LogP contribution is -2.38. The van der Waals surface area contributed by atoms with Gasteiger partial charge in [0.25, 0.3) is 10.0 Å². The topological polar surface area (TPSA) is 88.6 Å². The lowest BCUT2D eigenvalue weighted by atomic mass is 10.3. The molecule has 2 aromatic carbocycles. The van der Waals surface area contributed by atoms with Crippen LogP contribution >= 0.6 is 0 Å². The second kappa shape index (κ2) is 9.36. The number of halogens is 1. The quantitative estimate of drug-likeness (QED) is 0.593. The van der Waals surface area contributed by atoms with Gasteiger partial charge in [-0.25, -0.2) is 12.8 Å². The molecule has 9 heteroatoms. The Morgan fingerprint density at radius 1 is 1.10 bits per heavy atom. The summed E-state index contributed by atoms with van der Waals surface area (Å²) in [5.74, 6) is -0.421. The molecule has 0 saturated carbocycles. The summed E-state index contributed by atoms with van der Waals surface area (Å²) in [7, 11) is -4.10. The fourth-order valence-corrected chi connectivity index (χ4v) is 4.07. The molecular weight excluding hydrogens is 409 g/mol. The van der Waals surface area contributed by atoms with E-state index in [9.17, 15) is 17.6 Å². The van der Waals surface area contributed by atoms with Gasteiger partial charge in [-0.05, 0) is 67.6 Å². The predicted molar refractivity (Wildman–Crippen MR) is 111 cm³/mol. The van der Waals surface area contributed by atoms with E-state index in [4.69, 9.17) is 4.74 Å². The van der Waals surface area contributed by atoms with Crippen molar-refractivity contribution in [2.45, 2.75) is 11.8 Å². The first kappa shape index (κ1) is 21.3. The number of aromatic nitrogens is 1. The molecule has 3 aromatic rings. The summed E-state index contributed by atoms with van der Waals surface area (Å²) in [5.41, 5.74) is 0.642. The number of hydrogen-bond donors (Lipinski definition) is 1. The van der Waals surface area contributed by atoms with Crippen LogP contribution in [0.2, 0.25) is 0 Å². The minimum Gasteiger partial charge on any atom is -0.494 e. The van der Waals surface area contributed by atoms with Crippen LogP contribution in [0.15, 0.2) is 78.0 Å². The Labute approximate surface area is 174 Å². The Morgan fingerprint density at radius 3 is 2.40 bits per heavy atom. The summed E-state index contributed by atoms with van der Waals surface area (Å²) >= 11 is 0. The second-order valence-electron chi connectivity index (χ2n) is 6.18. The molecule has 156 valence electrons. The van der Waals surface area contributed by atoms with E-state index in [1.165, 1.54) is 36.7 Å². The van der Waals surface area contributed by atoms with Crippen molar-refractivity contribution in [1.29, 1.82) is 0 Å². The zero-order chi connectivity index (χ0) is 21.6. The van der Waals surface area contributed by atoms with Crippen molar-refractivity contribution in [3.63, 3.8) is 0 Å². The van der Waals surface area contributed by atoms with Crippen LogP contribution in [0.4, 0.5) is 15.8 Å². The van der Waals surface area contributed by atoms with Crippen LogP contribution < -0.4 is 14.4 Å². The number of rotatable bonds is 8. The number of carbonyl (C=O) groups excluding carboxylic acids is 1. The van der Waals surface area contributed by atoms with Crippen molar-refractivity contribution in [3.05, 3.63) is 78.9 Å². The molecule has 0 aliphatic heterocycles. The van der Waals surface area contributed by atoms with Gasteiger partial charge in [0.1, 0.15) is 23.0 Å². The largest absolute Gasteiger partial charge is 0.494 e. The average molecular weight is 429 g/mol. The van der Waals surface area contributed by atoms with Gasteiger partial charge in [0.2, 0.25) is 5.91 Å². The van der Waals surface area contributed by atoms with E-state index in [2.05, 4.69) is 10.3 Å². The molecule has 1 heterocycles. The first-order valence-corrected chi connectivity index (χ1v) is 10.5. The van der Waals surface area contributed by atoms with Crippen LogP contribution in [0.25, 0.3) is 0 Å². The molecule has 30 heavy (non-hydrogen) atoms. The number of nitrogens with zero attached hydrogens (tertiary/aromatic N) is 2. The van der Waals surface area contributed by atoms with E-state index < -0.39 is 28.3 Å². The Balaban J connectivity index is 1.85. The SMILES string of the molecule is CCOc1ccc(NC(=O)CN(c2ccc(F)cc2)S(=O)(=O)c2cccnc2)cc1. The number of sulfonamides is 1. The van der Waals surface area contributed by atoms with Gasteiger partial charge in [-0.3, -0.25) is 14.1 Å². The van der Waals surface area contributed by atoms with E-state index >= 15 is 0 Å². The molecule has 0 bridgehead atoms. The monoisotopic (exact) mass is 429 g/mol. The van der Waals surface area contributed by atoms with Gasteiger partial charge < -0.3 is 10.1 Å². The standard InChI is InChI=1S/C21H20FN3O4S/c1-2-29-19-11-7-17(8-12-19)24-21(26)15-25(18-9-5-16(22)6-10-18)30(27,28)20-4-3-13-23-14-20/h3-14H,2,15H2,1H3,(H,24,26). The van der Waals surface area contributed by atoms with Crippen LogP contribution in [0.1, 0.15) is 6.92 Å². The molecule has 0 aliphatic rings. The average Bonchev–Trinajstić information content (AvgIpc) is 2.75. The molecule has 7 nitrogen and oxygen atoms in total. The summed E-state index contributed by atoms with van der Waals surface area (Å²) in [6, 6.07) is 14.4. The van der Waals surface area contributed by atoms with Crippen molar-refractivity contribution in [1.82, 2.24) is 4.98 Å². The van der Waals surface area contributed by atoms with Crippen molar-refractivity contribution in [2.75, 3.05) is 22.8 Å². The van der Waals surface area contributed by atoms with E-state index in [1.54, 1.807) is 24.3 Å². The predicted octanol–water partition coefficient (Wildman–Crippen LogP) is 3.45. The number of amides is 1. The van der Waals surface area contributed by atoms with Gasteiger partial charge in [-0.1, -0.05) is 0 Å². The van der Waals surface area contributed by atoms with Gasteiger partial charge in [-0.2, -0.15) is 0 Å². The Bertz CT molecular complexity index is 1090. The van der Waals surface area contributed by atoms with Crippen LogP contribution in [0.3, 0.4) is 0 Å². The smallest absolute Gasteiger partial charge is 0.266 e. The maximum atomic E-state index is 13.3. The first-order valence-electron chi connectivity index (χ1n) is 9.11. The van der Waals surface area contributed by atoms with Crippen molar-refractivity contribution in [3.8, 4) is 5.75 Å². The zero-order valence-electron chi connectivity index (χ0n) is 16.2. The fraction of sp³-hybridized carbons (Fsp3) is 0.143. The summed E-state index contributed by atoms with van der Waals surface area (Å²) in [6.45, 7) is 1.88. The van der Waals surface area contributed by atoms with Crippen LogP contribution in [0, 0.1) is 5.82 Å². The highest BCUT2D eigenvalue weighted by molar-refractivity contribution is 7.92. The molecule has 0 fully saturated rings. The maximum absolute atomic E-state index is 13.3. The van der Waals surface area contributed by atoms with Crippen LogP contribution in [-0.2, 0) is 14.8 Å². The van der Waals surface area contributed by atoms with E-state index in [0.29, 0.717) is 18.0 Å². The highest BCUT2D eigenvalue weighted by atomic mass is 32.2. The summed E-state index contributed by atoms with van der Waals surface area (Å²) < 4.78 is 45.8. The number of anilines is 2. The minimum atomic E-state index is -4.10. The molecule has 0 saturated heterocycles. The summed E-state index contributed by atoms with van der Waals surface area (Å²) in [4.78, 5) is 16.4. The number of pyridine rings is 1. The lowest BCUT2D eigenvalue weighted by molar-refractivity contribution is -0.114. The third-order valence-electron chi connectivity index (χ3n) is 4.07. The zero-order valence-corrected chi connectivity index (χ0v) is 17.0. The van der Waals surface area contributed by atoms with Gasteiger partial charge in [-0.15, -0.1) is 0 Å². The van der Waals surface area contributed by atoms with Crippen molar-refractivity contribution in [2.24, 2.45) is 0 Å². The van der Waals surface area contributed by atoms with E-state index in [-0.39, 0.29) is 10.6 Å². The number of carbonyl (C=O) groups is 1. The second-order valence-corrected chi connectivity index (χ2v) is 8.04. The highest BCUT2D eigenvalue weighted by Crippen LogP contribution is 2.24. The first-order chi connectivity index (χ1) is 14.4. The van der Waals surface area contributed by atoms with Gasteiger partial charge in [0.15, 0.2) is 0 Å². The molecule has 0 atom stereocenters. The number of hydrogen-bond acceptors (Lipinski definition) is 5. The Kier molecular flexibility index (Phi) is 6.63. The molecule has 3 rings (SSSR count). The lowest BCUT2D eigenvalue weighted by Gasteiger charge is -2.24. The minimum absolute atomic E-state index is 0.0804. The van der Waals surface area contributed by atoms with E-state index in [0.717, 1.165) is 16.4 Å². The van der Waals surface area contributed by atoms with E-state index in [1.807, 2.05) is 6.92 Å². The normalized spacial score (nSPS) is 11.0. The number of benzene rings is 2.